The molecule has 3 heteroatoms. The molecule has 0 unspecified atom stereocenters. The second-order valence-electron chi connectivity index (χ2n) is 16.2. The van der Waals surface area contributed by atoms with Gasteiger partial charge >= 0.3 is 0 Å². The van der Waals surface area contributed by atoms with E-state index in [1.165, 1.54) is 33.2 Å². The maximum Gasteiger partial charge on any atom is 0.140 e. The lowest BCUT2D eigenvalue weighted by Gasteiger charge is -2.40. The van der Waals surface area contributed by atoms with E-state index in [1.807, 2.05) is 0 Å². The van der Waals surface area contributed by atoms with Gasteiger partial charge in [0, 0.05) is 44.1 Å². The fourth-order valence-electron chi connectivity index (χ4n) is 10.7. The molecule has 3 aliphatic rings. The lowest BCUT2D eigenvalue weighted by molar-refractivity contribution is 0.447. The lowest BCUT2D eigenvalue weighted by Crippen LogP contribution is -2.32. The van der Waals surface area contributed by atoms with Crippen LogP contribution in [0.4, 0.5) is 17.1 Å². The number of allylic oxidation sites excluding steroid dienone is 1. The molecule has 10 aromatic rings. The minimum atomic E-state index is -0.637. The first kappa shape index (κ1) is 33.4. The minimum absolute atomic E-state index is 0.637. The summed E-state index contributed by atoms with van der Waals surface area (Å²) in [6.45, 7) is 0. The number of hydrogen-bond donors (Lipinski definition) is 0. The molecular formula is C57H37NO2. The van der Waals surface area contributed by atoms with Crippen molar-refractivity contribution in [1.82, 2.24) is 0 Å². The summed E-state index contributed by atoms with van der Waals surface area (Å²) in [7, 11) is 0. The van der Waals surface area contributed by atoms with Crippen LogP contribution < -0.4 is 9.64 Å². The highest BCUT2D eigenvalue weighted by atomic mass is 16.5. The Labute approximate surface area is 348 Å². The van der Waals surface area contributed by atoms with Crippen LogP contribution in [0.1, 0.15) is 40.0 Å². The van der Waals surface area contributed by atoms with E-state index in [9.17, 15) is 0 Å². The van der Waals surface area contributed by atoms with Crippen LogP contribution in [0.25, 0.3) is 60.8 Å². The third kappa shape index (κ3) is 4.55. The molecule has 0 fully saturated rings. The van der Waals surface area contributed by atoms with Crippen LogP contribution in [-0.2, 0) is 11.8 Å². The normalized spacial score (nSPS) is 14.1. The van der Waals surface area contributed by atoms with Crippen LogP contribution >= 0.6 is 0 Å². The Bertz CT molecular complexity index is 3340. The molecule has 2 aliphatic carbocycles. The van der Waals surface area contributed by atoms with E-state index in [0.29, 0.717) is 0 Å². The van der Waals surface area contributed by atoms with Gasteiger partial charge in [-0.25, -0.2) is 0 Å². The number of ether oxygens (including phenoxy) is 1. The van der Waals surface area contributed by atoms with Crippen LogP contribution in [0.5, 0.6) is 11.5 Å². The van der Waals surface area contributed by atoms with E-state index in [-0.39, 0.29) is 0 Å². The molecule has 1 aromatic heterocycles. The Balaban J connectivity index is 1.10. The number of benzene rings is 9. The molecule has 0 bridgehead atoms. The molecule has 0 radical (unpaired) electrons. The smallest absolute Gasteiger partial charge is 0.140 e. The predicted octanol–water partition coefficient (Wildman–Crippen LogP) is 15.3. The Hall–Kier alpha value is -7.62. The molecule has 60 heavy (non-hydrogen) atoms. The number of anilines is 3. The van der Waals surface area contributed by atoms with Gasteiger partial charge in [0.2, 0.25) is 0 Å². The first-order chi connectivity index (χ1) is 29.8. The molecule has 0 saturated heterocycles. The summed E-state index contributed by atoms with van der Waals surface area (Å²) in [6.07, 6.45) is 6.30. The molecule has 1 spiro atoms. The number of rotatable bonds is 4. The summed E-state index contributed by atoms with van der Waals surface area (Å²) in [5, 5.41) is 5.73. The molecule has 282 valence electrons. The second-order valence-corrected chi connectivity index (χ2v) is 16.2. The maximum atomic E-state index is 7.23. The highest BCUT2D eigenvalue weighted by Crippen LogP contribution is 2.64. The summed E-state index contributed by atoms with van der Waals surface area (Å²) in [6, 6.07) is 68.7. The van der Waals surface area contributed by atoms with Crippen molar-refractivity contribution in [3.63, 3.8) is 0 Å². The number of furan rings is 1. The zero-order valence-electron chi connectivity index (χ0n) is 32.7. The SMILES string of the molecule is C1=Cc2oc3cccc(N(c4ccccc4)c4ccccc4-c4ccc5c(c4)C4(c6ccccc6-5)c5ccc6ccccc6c5Oc5c4ccc4ccccc54)c3c2CC1. The van der Waals surface area contributed by atoms with Gasteiger partial charge in [-0.1, -0.05) is 158 Å². The predicted molar refractivity (Wildman–Crippen MR) is 246 cm³/mol. The van der Waals surface area contributed by atoms with Gasteiger partial charge in [-0.2, -0.15) is 0 Å². The Morgan fingerprint density at radius 1 is 0.483 bits per heavy atom. The van der Waals surface area contributed by atoms with E-state index < -0.39 is 5.41 Å². The molecule has 0 N–H and O–H groups in total. The van der Waals surface area contributed by atoms with E-state index in [4.69, 9.17) is 9.15 Å². The van der Waals surface area contributed by atoms with Crippen LogP contribution in [-0.4, -0.2) is 0 Å². The summed E-state index contributed by atoms with van der Waals surface area (Å²) in [5.74, 6) is 2.81. The molecule has 0 amide bonds. The van der Waals surface area contributed by atoms with Crippen LogP contribution in [0.2, 0.25) is 0 Å². The molecule has 2 heterocycles. The van der Waals surface area contributed by atoms with Crippen molar-refractivity contribution < 1.29 is 9.15 Å². The van der Waals surface area contributed by atoms with Crippen molar-refractivity contribution in [3.05, 3.63) is 228 Å². The third-order valence-corrected chi connectivity index (χ3v) is 13.2. The maximum absolute atomic E-state index is 7.23. The molecular weight excluding hydrogens is 731 g/mol. The van der Waals surface area contributed by atoms with Gasteiger partial charge in [0.1, 0.15) is 22.8 Å². The average molecular weight is 768 g/mol. The number of fused-ring (bicyclic) bond motifs is 16. The van der Waals surface area contributed by atoms with Gasteiger partial charge in [0.05, 0.1) is 16.8 Å². The zero-order valence-corrected chi connectivity index (χ0v) is 32.7. The van der Waals surface area contributed by atoms with Crippen molar-refractivity contribution in [2.75, 3.05) is 4.90 Å². The quantitative estimate of drug-likeness (QED) is 0.178. The standard InChI is InChI=1S/C57H37NO2/c1-2-17-39(18-3-1)58(51-26-14-28-53-54(51)45-23-10-13-27-52(45)59-53)50-25-12-9-19-40(50)38-29-32-44-43-22-8-11-24-46(43)57(49(44)35-38)47-33-30-36-15-4-6-20-41(36)55(47)60-56-42-21-7-5-16-37(42)31-34-48(56)57/h1-9,11-22,24-35H,10,23H2. The summed E-state index contributed by atoms with van der Waals surface area (Å²) < 4.78 is 13.7. The van der Waals surface area contributed by atoms with Crippen molar-refractivity contribution in [2.45, 2.75) is 18.3 Å². The largest absolute Gasteiger partial charge is 0.456 e. The van der Waals surface area contributed by atoms with Gasteiger partial charge in [0.15, 0.2) is 0 Å². The van der Waals surface area contributed by atoms with E-state index >= 15 is 0 Å². The molecule has 0 saturated carbocycles. The Morgan fingerprint density at radius 2 is 1.13 bits per heavy atom. The van der Waals surface area contributed by atoms with E-state index in [0.717, 1.165) is 96.5 Å². The molecule has 13 rings (SSSR count). The number of para-hydroxylation sites is 2. The van der Waals surface area contributed by atoms with Crippen LogP contribution in [0, 0.1) is 0 Å². The first-order valence-electron chi connectivity index (χ1n) is 20.9. The lowest BCUT2D eigenvalue weighted by atomic mass is 9.65. The van der Waals surface area contributed by atoms with Crippen LogP contribution in [0.15, 0.2) is 199 Å². The average Bonchev–Trinajstić information content (AvgIpc) is 3.84. The Kier molecular flexibility index (Phi) is 7.06. The van der Waals surface area contributed by atoms with Crippen molar-refractivity contribution in [2.24, 2.45) is 0 Å². The van der Waals surface area contributed by atoms with E-state index in [2.05, 4.69) is 205 Å². The van der Waals surface area contributed by atoms with E-state index in [1.54, 1.807) is 0 Å². The van der Waals surface area contributed by atoms with Crippen molar-refractivity contribution in [1.29, 1.82) is 0 Å². The van der Waals surface area contributed by atoms with Gasteiger partial charge in [0.25, 0.3) is 0 Å². The highest BCUT2D eigenvalue weighted by Gasteiger charge is 2.52. The highest BCUT2D eigenvalue weighted by molar-refractivity contribution is 6.04. The molecule has 1 aliphatic heterocycles. The monoisotopic (exact) mass is 767 g/mol. The molecule has 0 atom stereocenters. The first-order valence-corrected chi connectivity index (χ1v) is 20.9. The zero-order chi connectivity index (χ0) is 39.4. The Morgan fingerprint density at radius 3 is 1.92 bits per heavy atom. The second kappa shape index (κ2) is 12.7. The molecule has 9 aromatic carbocycles. The van der Waals surface area contributed by atoms with Crippen molar-refractivity contribution >= 4 is 55.7 Å². The minimum Gasteiger partial charge on any atom is -0.456 e. The number of aryl methyl sites for hydroxylation is 1. The molecule has 3 nitrogen and oxygen atoms in total. The third-order valence-electron chi connectivity index (χ3n) is 13.2. The number of hydrogen-bond acceptors (Lipinski definition) is 3. The van der Waals surface area contributed by atoms with Gasteiger partial charge in [-0.05, 0) is 93.9 Å². The summed E-state index contributed by atoms with van der Waals surface area (Å²) in [4.78, 5) is 2.43. The van der Waals surface area contributed by atoms with Gasteiger partial charge in [-0.3, -0.25) is 0 Å². The summed E-state index contributed by atoms with van der Waals surface area (Å²) >= 11 is 0. The van der Waals surface area contributed by atoms with Gasteiger partial charge in [-0.15, -0.1) is 0 Å². The fraction of sp³-hybridized carbons (Fsp3) is 0.0526. The van der Waals surface area contributed by atoms with Crippen LogP contribution in [0.3, 0.4) is 0 Å². The number of nitrogens with zero attached hydrogens (tertiary/aromatic N) is 1. The fourth-order valence-corrected chi connectivity index (χ4v) is 10.7. The summed E-state index contributed by atoms with van der Waals surface area (Å²) in [5.41, 5.74) is 14.5. The van der Waals surface area contributed by atoms with Crippen molar-refractivity contribution in [3.8, 4) is 33.8 Å². The van der Waals surface area contributed by atoms with Gasteiger partial charge < -0.3 is 14.1 Å². The topological polar surface area (TPSA) is 25.6 Å².